The van der Waals surface area contributed by atoms with Crippen LogP contribution in [0.15, 0.2) is 61.1 Å². The molecule has 162 valence electrons. The topological polar surface area (TPSA) is 76.7 Å². The number of amides is 1. The van der Waals surface area contributed by atoms with Gasteiger partial charge in [-0.05, 0) is 50.1 Å². The quantitative estimate of drug-likeness (QED) is 0.541. The number of likely N-dealkylation sites (tertiary alicyclic amines) is 1. The third kappa shape index (κ3) is 2.86. The van der Waals surface area contributed by atoms with Gasteiger partial charge in [-0.3, -0.25) is 4.79 Å². The highest BCUT2D eigenvalue weighted by Gasteiger charge is 2.42. The fraction of sp³-hybridized carbons (Fsp3) is 0.292. The molecule has 0 bridgehead atoms. The van der Waals surface area contributed by atoms with Gasteiger partial charge in [-0.25, -0.2) is 9.50 Å². The van der Waals surface area contributed by atoms with E-state index in [2.05, 4.69) is 50.4 Å². The van der Waals surface area contributed by atoms with Gasteiger partial charge in [0.1, 0.15) is 5.75 Å². The van der Waals surface area contributed by atoms with E-state index in [-0.39, 0.29) is 11.4 Å². The number of hydrogen-bond acceptors (Lipinski definition) is 5. The molecule has 0 aliphatic carbocycles. The van der Waals surface area contributed by atoms with Gasteiger partial charge in [0, 0.05) is 49.5 Å². The molecule has 0 radical (unpaired) electrons. The minimum Gasteiger partial charge on any atom is -0.494 e. The minimum atomic E-state index is -0.224. The van der Waals surface area contributed by atoms with E-state index < -0.39 is 0 Å². The Hall–Kier alpha value is -3.81. The van der Waals surface area contributed by atoms with Gasteiger partial charge in [-0.1, -0.05) is 0 Å². The maximum Gasteiger partial charge on any atom is 0.274 e. The van der Waals surface area contributed by atoms with E-state index in [4.69, 9.17) is 4.74 Å². The van der Waals surface area contributed by atoms with Gasteiger partial charge in [0.05, 0.1) is 23.5 Å². The maximum atomic E-state index is 13.1. The number of rotatable bonds is 3. The lowest BCUT2D eigenvalue weighted by Gasteiger charge is -2.46. The number of piperidine rings is 1. The fourth-order valence-electron chi connectivity index (χ4n) is 4.95. The lowest BCUT2D eigenvalue weighted by molar-refractivity contribution is 0.0670. The monoisotopic (exact) mass is 428 g/mol. The second kappa shape index (κ2) is 7.12. The molecular formula is C24H24N6O2. The van der Waals surface area contributed by atoms with Crippen molar-refractivity contribution < 1.29 is 9.53 Å². The normalized spacial score (nSPS) is 16.5. The molecule has 6 rings (SSSR count). The number of fused-ring (bicyclic) bond motifs is 5. The van der Waals surface area contributed by atoms with Crippen molar-refractivity contribution in [1.82, 2.24) is 24.1 Å². The Bertz CT molecular complexity index is 1280. The van der Waals surface area contributed by atoms with Crippen molar-refractivity contribution >= 4 is 17.2 Å². The molecule has 1 N–H and O–H groups in total. The zero-order valence-corrected chi connectivity index (χ0v) is 17.9. The Labute approximate surface area is 185 Å². The van der Waals surface area contributed by atoms with E-state index >= 15 is 0 Å². The zero-order valence-electron chi connectivity index (χ0n) is 17.9. The van der Waals surface area contributed by atoms with Crippen LogP contribution in [0.1, 0.15) is 35.9 Å². The first-order chi connectivity index (χ1) is 15.7. The van der Waals surface area contributed by atoms with Gasteiger partial charge in [0.15, 0.2) is 11.3 Å². The van der Waals surface area contributed by atoms with E-state index in [1.165, 1.54) is 5.69 Å². The summed E-state index contributed by atoms with van der Waals surface area (Å²) in [5.74, 6) is 0.813. The molecule has 5 heterocycles. The number of hydrogen-bond donors (Lipinski definition) is 1. The standard InChI is InChI=1S/C24H24N6O2/c1-2-32-17-6-7-20-18(15-17)26-24(21-5-3-11-29(20)21)8-13-28(14-9-24)23(31)19-16-22-25-10-4-12-30(22)27-19/h3-7,10-12,15-16,26H,2,8-9,13-14H2,1H3. The highest BCUT2D eigenvalue weighted by molar-refractivity contribution is 5.93. The maximum absolute atomic E-state index is 13.1. The van der Waals surface area contributed by atoms with Gasteiger partial charge in [0.25, 0.3) is 5.91 Å². The highest BCUT2D eigenvalue weighted by atomic mass is 16.5. The summed E-state index contributed by atoms with van der Waals surface area (Å²) >= 11 is 0. The number of aromatic nitrogens is 4. The lowest BCUT2D eigenvalue weighted by atomic mass is 9.82. The first-order valence-corrected chi connectivity index (χ1v) is 11.0. The number of benzene rings is 1. The number of carbonyl (C=O) groups is 1. The smallest absolute Gasteiger partial charge is 0.274 e. The van der Waals surface area contributed by atoms with Gasteiger partial charge in [-0.2, -0.15) is 5.10 Å². The first-order valence-electron chi connectivity index (χ1n) is 11.0. The van der Waals surface area contributed by atoms with Crippen molar-refractivity contribution in [1.29, 1.82) is 0 Å². The molecule has 0 saturated carbocycles. The Balaban J connectivity index is 1.27. The molecular weight excluding hydrogens is 404 g/mol. The average Bonchev–Trinajstić information content (AvgIpc) is 3.47. The molecule has 1 amide bonds. The number of carbonyl (C=O) groups excluding carboxylic acids is 1. The molecule has 8 heteroatoms. The van der Waals surface area contributed by atoms with Crippen molar-refractivity contribution in [3.8, 4) is 11.4 Å². The molecule has 2 aliphatic heterocycles. The van der Waals surface area contributed by atoms with Crippen LogP contribution < -0.4 is 10.1 Å². The van der Waals surface area contributed by atoms with Crippen molar-refractivity contribution in [2.75, 3.05) is 25.0 Å². The van der Waals surface area contributed by atoms with E-state index in [0.717, 1.165) is 30.0 Å². The Kier molecular flexibility index (Phi) is 4.21. The third-order valence-corrected chi connectivity index (χ3v) is 6.51. The van der Waals surface area contributed by atoms with Crippen LogP contribution in [-0.4, -0.2) is 49.7 Å². The number of ether oxygens (including phenoxy) is 1. The molecule has 0 atom stereocenters. The SMILES string of the molecule is CCOc1ccc2c(c1)NC1(CCN(C(=O)c3cc4ncccn4n3)CC1)c1cccn1-2. The summed E-state index contributed by atoms with van der Waals surface area (Å²) in [7, 11) is 0. The number of nitrogens with zero attached hydrogens (tertiary/aromatic N) is 5. The molecule has 1 saturated heterocycles. The molecule has 1 spiro atoms. The molecule has 32 heavy (non-hydrogen) atoms. The molecule has 1 fully saturated rings. The van der Waals surface area contributed by atoms with E-state index in [1.54, 1.807) is 29.0 Å². The second-order valence-corrected chi connectivity index (χ2v) is 8.33. The third-order valence-electron chi connectivity index (χ3n) is 6.51. The van der Waals surface area contributed by atoms with Crippen LogP contribution in [0.5, 0.6) is 5.75 Å². The summed E-state index contributed by atoms with van der Waals surface area (Å²) in [5, 5.41) is 8.21. The Morgan fingerprint density at radius 2 is 2.03 bits per heavy atom. The summed E-state index contributed by atoms with van der Waals surface area (Å²) in [6.07, 6.45) is 7.24. The van der Waals surface area contributed by atoms with Crippen LogP contribution in [0.2, 0.25) is 0 Å². The Morgan fingerprint density at radius 3 is 2.84 bits per heavy atom. The average molecular weight is 428 g/mol. The van der Waals surface area contributed by atoms with E-state index in [9.17, 15) is 4.79 Å². The summed E-state index contributed by atoms with van der Waals surface area (Å²) in [6, 6.07) is 14.0. The summed E-state index contributed by atoms with van der Waals surface area (Å²) in [4.78, 5) is 19.3. The van der Waals surface area contributed by atoms with Gasteiger partial charge < -0.3 is 19.5 Å². The molecule has 1 aromatic carbocycles. The summed E-state index contributed by atoms with van der Waals surface area (Å²) < 4.78 is 9.62. The van der Waals surface area contributed by atoms with Gasteiger partial charge in [-0.15, -0.1) is 0 Å². The Morgan fingerprint density at radius 1 is 1.16 bits per heavy atom. The molecule has 0 unspecified atom stereocenters. The zero-order chi connectivity index (χ0) is 21.7. The first kappa shape index (κ1) is 18.9. The minimum absolute atomic E-state index is 0.0458. The van der Waals surface area contributed by atoms with Gasteiger partial charge >= 0.3 is 0 Å². The molecule has 8 nitrogen and oxygen atoms in total. The van der Waals surface area contributed by atoms with Crippen molar-refractivity contribution in [2.24, 2.45) is 0 Å². The molecule has 4 aromatic rings. The summed E-state index contributed by atoms with van der Waals surface area (Å²) in [5.41, 5.74) is 4.31. The van der Waals surface area contributed by atoms with Crippen LogP contribution in [0.4, 0.5) is 5.69 Å². The van der Waals surface area contributed by atoms with Crippen molar-refractivity contribution in [3.63, 3.8) is 0 Å². The fourth-order valence-corrected chi connectivity index (χ4v) is 4.95. The lowest BCUT2D eigenvalue weighted by Crippen LogP contribution is -2.51. The number of nitrogens with one attached hydrogen (secondary N) is 1. The van der Waals surface area contributed by atoms with Crippen LogP contribution >= 0.6 is 0 Å². The van der Waals surface area contributed by atoms with Crippen molar-refractivity contribution in [3.05, 3.63) is 72.4 Å². The predicted octanol–water partition coefficient (Wildman–Crippen LogP) is 3.48. The molecule has 3 aromatic heterocycles. The van der Waals surface area contributed by atoms with Crippen molar-refractivity contribution in [2.45, 2.75) is 25.3 Å². The van der Waals surface area contributed by atoms with Crippen LogP contribution in [0.3, 0.4) is 0 Å². The highest BCUT2D eigenvalue weighted by Crippen LogP contribution is 2.44. The van der Waals surface area contributed by atoms with Gasteiger partial charge in [0.2, 0.25) is 0 Å². The number of anilines is 1. The van der Waals surface area contributed by atoms with Crippen LogP contribution in [0.25, 0.3) is 11.3 Å². The largest absolute Gasteiger partial charge is 0.494 e. The van der Waals surface area contributed by atoms with E-state index in [0.29, 0.717) is 31.0 Å². The van der Waals surface area contributed by atoms with Crippen LogP contribution in [-0.2, 0) is 5.54 Å². The second-order valence-electron chi connectivity index (χ2n) is 8.33. The molecule has 2 aliphatic rings. The van der Waals surface area contributed by atoms with E-state index in [1.807, 2.05) is 17.9 Å². The van der Waals surface area contributed by atoms with Crippen LogP contribution in [0, 0.1) is 0 Å². The summed E-state index contributed by atoms with van der Waals surface area (Å²) in [6.45, 7) is 3.93. The predicted molar refractivity (Wildman–Crippen MR) is 120 cm³/mol.